The second-order valence-electron chi connectivity index (χ2n) is 2.72. The molecule has 0 radical (unpaired) electrons. The van der Waals surface area contributed by atoms with Gasteiger partial charge in [-0.2, -0.15) is 5.26 Å². The van der Waals surface area contributed by atoms with Crippen LogP contribution in [0.4, 0.5) is 0 Å². The summed E-state index contributed by atoms with van der Waals surface area (Å²) in [5, 5.41) is 8.16. The van der Waals surface area contributed by atoms with Gasteiger partial charge in [-0.15, -0.1) is 0 Å². The fraction of sp³-hybridized carbons (Fsp3) is 0.750. The van der Waals surface area contributed by atoms with Crippen LogP contribution in [-0.2, 0) is 9.53 Å². The number of carbonyl (C=O) groups excluding carboxylic acids is 1. The number of esters is 1. The maximum absolute atomic E-state index is 10.9. The Morgan fingerprint density at radius 1 is 1.58 bits per heavy atom. The van der Waals surface area contributed by atoms with Gasteiger partial charge in [-0.25, -0.2) is 0 Å². The minimum atomic E-state index is -0.197. The molecule has 4 heteroatoms. The predicted octanol–water partition coefficient (Wildman–Crippen LogP) is 0.149. The Morgan fingerprint density at radius 2 is 2.33 bits per heavy atom. The molecule has 0 bridgehead atoms. The zero-order chi connectivity index (χ0) is 8.81. The third kappa shape index (κ3) is 3.94. The second-order valence-corrected chi connectivity index (χ2v) is 2.72. The molecular formula is C8H12N2O2. The summed E-state index contributed by atoms with van der Waals surface area (Å²) in [4.78, 5) is 13.1. The van der Waals surface area contributed by atoms with Gasteiger partial charge in [-0.3, -0.25) is 4.79 Å². The number of rotatable bonds is 5. The standard InChI is InChI=1S/C8H12N2O2/c9-3-1-7-12-8(11)2-4-10-5-6-10/h1-2,4-7H2. The van der Waals surface area contributed by atoms with Crippen LogP contribution in [0.1, 0.15) is 12.8 Å². The molecule has 12 heavy (non-hydrogen) atoms. The molecule has 0 N–H and O–H groups in total. The number of nitrogens with zero attached hydrogens (tertiary/aromatic N) is 2. The maximum Gasteiger partial charge on any atom is 0.307 e. The summed E-state index contributed by atoms with van der Waals surface area (Å²) >= 11 is 0. The van der Waals surface area contributed by atoms with Crippen molar-refractivity contribution in [3.05, 3.63) is 0 Å². The molecule has 0 atom stereocenters. The van der Waals surface area contributed by atoms with Gasteiger partial charge in [-0.05, 0) is 0 Å². The number of carbonyl (C=O) groups is 1. The van der Waals surface area contributed by atoms with Gasteiger partial charge in [0.2, 0.25) is 0 Å². The van der Waals surface area contributed by atoms with Crippen LogP contribution in [0.3, 0.4) is 0 Å². The highest BCUT2D eigenvalue weighted by molar-refractivity contribution is 5.69. The van der Waals surface area contributed by atoms with Crippen LogP contribution in [0.2, 0.25) is 0 Å². The molecule has 1 fully saturated rings. The fourth-order valence-electron chi connectivity index (χ4n) is 0.826. The van der Waals surface area contributed by atoms with Crippen molar-refractivity contribution in [3.8, 4) is 6.07 Å². The van der Waals surface area contributed by atoms with Crippen LogP contribution in [0, 0.1) is 11.3 Å². The molecule has 1 aliphatic heterocycles. The zero-order valence-corrected chi connectivity index (χ0v) is 6.95. The van der Waals surface area contributed by atoms with Gasteiger partial charge < -0.3 is 9.64 Å². The minimum absolute atomic E-state index is 0.197. The van der Waals surface area contributed by atoms with Gasteiger partial charge in [0.15, 0.2) is 0 Å². The molecule has 0 aromatic heterocycles. The van der Waals surface area contributed by atoms with E-state index in [1.54, 1.807) is 0 Å². The molecule has 0 aromatic rings. The number of hydrogen-bond acceptors (Lipinski definition) is 4. The largest absolute Gasteiger partial charge is 0.465 e. The Hall–Kier alpha value is -1.08. The molecule has 4 nitrogen and oxygen atoms in total. The lowest BCUT2D eigenvalue weighted by Crippen LogP contribution is -2.11. The van der Waals surface area contributed by atoms with Crippen LogP contribution < -0.4 is 0 Å². The van der Waals surface area contributed by atoms with E-state index >= 15 is 0 Å². The van der Waals surface area contributed by atoms with E-state index in [1.165, 1.54) is 0 Å². The first-order valence-corrected chi connectivity index (χ1v) is 4.08. The van der Waals surface area contributed by atoms with Crippen LogP contribution in [0.15, 0.2) is 0 Å². The molecule has 1 rings (SSSR count). The number of ether oxygens (including phenoxy) is 1. The summed E-state index contributed by atoms with van der Waals surface area (Å²) in [5.41, 5.74) is 0. The van der Waals surface area contributed by atoms with Crippen molar-refractivity contribution in [1.82, 2.24) is 4.90 Å². The van der Waals surface area contributed by atoms with Crippen molar-refractivity contribution in [2.24, 2.45) is 0 Å². The quantitative estimate of drug-likeness (QED) is 0.333. The van der Waals surface area contributed by atoms with Crippen LogP contribution in [-0.4, -0.2) is 37.1 Å². The third-order valence-electron chi connectivity index (χ3n) is 1.65. The van der Waals surface area contributed by atoms with E-state index in [1.807, 2.05) is 6.07 Å². The summed E-state index contributed by atoms with van der Waals surface area (Å²) in [6.07, 6.45) is 0.737. The van der Waals surface area contributed by atoms with Crippen molar-refractivity contribution in [2.45, 2.75) is 12.8 Å². The van der Waals surface area contributed by atoms with E-state index in [0.29, 0.717) is 6.42 Å². The van der Waals surface area contributed by atoms with Gasteiger partial charge in [0, 0.05) is 19.6 Å². The van der Waals surface area contributed by atoms with Crippen LogP contribution >= 0.6 is 0 Å². The zero-order valence-electron chi connectivity index (χ0n) is 6.95. The highest BCUT2D eigenvalue weighted by atomic mass is 16.5. The fourth-order valence-corrected chi connectivity index (χ4v) is 0.826. The van der Waals surface area contributed by atoms with E-state index < -0.39 is 0 Å². The smallest absolute Gasteiger partial charge is 0.307 e. The van der Waals surface area contributed by atoms with E-state index in [0.717, 1.165) is 19.6 Å². The minimum Gasteiger partial charge on any atom is -0.465 e. The monoisotopic (exact) mass is 168 g/mol. The van der Waals surface area contributed by atoms with Crippen molar-refractivity contribution in [1.29, 1.82) is 5.26 Å². The van der Waals surface area contributed by atoms with Crippen molar-refractivity contribution < 1.29 is 9.53 Å². The Morgan fingerprint density at radius 3 is 2.92 bits per heavy atom. The highest BCUT2D eigenvalue weighted by Gasteiger charge is 2.17. The van der Waals surface area contributed by atoms with Gasteiger partial charge in [0.05, 0.1) is 18.9 Å². The van der Waals surface area contributed by atoms with E-state index in [9.17, 15) is 4.79 Å². The molecule has 1 heterocycles. The summed E-state index contributed by atoms with van der Waals surface area (Å²) in [6, 6.07) is 1.91. The summed E-state index contributed by atoms with van der Waals surface area (Å²) in [6.45, 7) is 3.23. The predicted molar refractivity (Wildman–Crippen MR) is 42.2 cm³/mol. The van der Waals surface area contributed by atoms with Crippen molar-refractivity contribution >= 4 is 5.97 Å². The van der Waals surface area contributed by atoms with E-state index in [2.05, 4.69) is 4.90 Å². The van der Waals surface area contributed by atoms with E-state index in [-0.39, 0.29) is 19.0 Å². The second kappa shape index (κ2) is 4.73. The molecule has 1 aliphatic rings. The summed E-state index contributed by atoms with van der Waals surface area (Å²) in [5.74, 6) is -0.197. The van der Waals surface area contributed by atoms with Crippen molar-refractivity contribution in [2.75, 3.05) is 26.2 Å². The summed E-state index contributed by atoms with van der Waals surface area (Å²) in [7, 11) is 0. The Labute approximate surface area is 71.7 Å². The topological polar surface area (TPSA) is 53.1 Å². The van der Waals surface area contributed by atoms with Crippen LogP contribution in [0.25, 0.3) is 0 Å². The molecule has 0 aromatic carbocycles. The van der Waals surface area contributed by atoms with Crippen molar-refractivity contribution in [3.63, 3.8) is 0 Å². The number of hydrogen-bond donors (Lipinski definition) is 0. The molecule has 0 amide bonds. The first-order chi connectivity index (χ1) is 5.83. The molecule has 0 aliphatic carbocycles. The lowest BCUT2D eigenvalue weighted by Gasteiger charge is -2.01. The Balaban J connectivity index is 1.92. The average Bonchev–Trinajstić information content (AvgIpc) is 2.84. The Kier molecular flexibility index (Phi) is 3.55. The molecular weight excluding hydrogens is 156 g/mol. The lowest BCUT2D eigenvalue weighted by molar-refractivity contribution is -0.143. The third-order valence-corrected chi connectivity index (χ3v) is 1.65. The molecule has 1 saturated heterocycles. The van der Waals surface area contributed by atoms with Gasteiger partial charge >= 0.3 is 5.97 Å². The first-order valence-electron chi connectivity index (χ1n) is 4.08. The molecule has 0 saturated carbocycles. The van der Waals surface area contributed by atoms with E-state index in [4.69, 9.17) is 10.00 Å². The highest BCUT2D eigenvalue weighted by Crippen LogP contribution is 2.04. The normalized spacial score (nSPS) is 15.2. The maximum atomic E-state index is 10.9. The molecule has 66 valence electrons. The average molecular weight is 168 g/mol. The van der Waals surface area contributed by atoms with Crippen LogP contribution in [0.5, 0.6) is 0 Å². The molecule has 0 spiro atoms. The van der Waals surface area contributed by atoms with Gasteiger partial charge in [-0.1, -0.05) is 0 Å². The number of nitriles is 1. The van der Waals surface area contributed by atoms with Gasteiger partial charge in [0.1, 0.15) is 6.61 Å². The summed E-state index contributed by atoms with van der Waals surface area (Å²) < 4.78 is 4.77. The SMILES string of the molecule is N#CCCOC(=O)CCN1CC1. The van der Waals surface area contributed by atoms with Gasteiger partial charge in [0.25, 0.3) is 0 Å². The lowest BCUT2D eigenvalue weighted by atomic mass is 10.4. The molecule has 0 unspecified atom stereocenters. The Bertz CT molecular complexity index is 194. The first kappa shape index (κ1) is 9.01.